The highest BCUT2D eigenvalue weighted by Crippen LogP contribution is 2.19. The zero-order valence-electron chi connectivity index (χ0n) is 11.9. The van der Waals surface area contributed by atoms with Crippen molar-refractivity contribution in [1.82, 2.24) is 20.4 Å². The second-order valence-corrected chi connectivity index (χ2v) is 5.39. The van der Waals surface area contributed by atoms with E-state index in [-0.39, 0.29) is 6.03 Å². The van der Waals surface area contributed by atoms with E-state index in [0.29, 0.717) is 6.54 Å². The summed E-state index contributed by atoms with van der Waals surface area (Å²) in [6.07, 6.45) is 2.98. The maximum atomic E-state index is 11.4. The van der Waals surface area contributed by atoms with Crippen LogP contribution < -0.4 is 10.6 Å². The van der Waals surface area contributed by atoms with Crippen LogP contribution in [-0.4, -0.2) is 28.9 Å². The van der Waals surface area contributed by atoms with Crippen molar-refractivity contribution < 1.29 is 4.79 Å². The Hall–Kier alpha value is -1.04. The molecule has 0 saturated heterocycles. The Kier molecular flexibility index (Phi) is 6.91. The SMILES string of the molecule is CCCCNC(=O)NCCCn1nc(C)c(Br)c1C. The average Bonchev–Trinajstić information content (AvgIpc) is 2.63. The van der Waals surface area contributed by atoms with Gasteiger partial charge < -0.3 is 10.6 Å². The molecule has 2 N–H and O–H groups in total. The number of hydrogen-bond donors (Lipinski definition) is 2. The fourth-order valence-corrected chi connectivity index (χ4v) is 2.05. The van der Waals surface area contributed by atoms with E-state index < -0.39 is 0 Å². The first-order valence-corrected chi connectivity index (χ1v) is 7.56. The second-order valence-electron chi connectivity index (χ2n) is 4.60. The highest BCUT2D eigenvalue weighted by Gasteiger charge is 2.07. The van der Waals surface area contributed by atoms with Gasteiger partial charge in [0.2, 0.25) is 0 Å². The molecule has 0 unspecified atom stereocenters. The van der Waals surface area contributed by atoms with E-state index in [0.717, 1.165) is 48.2 Å². The first-order chi connectivity index (χ1) is 9.06. The Morgan fingerprint density at radius 3 is 2.42 bits per heavy atom. The number of hydrogen-bond acceptors (Lipinski definition) is 2. The van der Waals surface area contributed by atoms with Gasteiger partial charge in [-0.15, -0.1) is 0 Å². The Bertz CT molecular complexity index is 417. The monoisotopic (exact) mass is 330 g/mol. The maximum Gasteiger partial charge on any atom is 0.314 e. The van der Waals surface area contributed by atoms with Crippen LogP contribution in [0.5, 0.6) is 0 Å². The van der Waals surface area contributed by atoms with Gasteiger partial charge in [0, 0.05) is 25.3 Å². The molecule has 0 atom stereocenters. The third-order valence-electron chi connectivity index (χ3n) is 2.94. The molecule has 5 nitrogen and oxygen atoms in total. The topological polar surface area (TPSA) is 59.0 Å². The van der Waals surface area contributed by atoms with E-state index in [1.165, 1.54) is 0 Å². The van der Waals surface area contributed by atoms with Gasteiger partial charge in [-0.1, -0.05) is 13.3 Å². The summed E-state index contributed by atoms with van der Waals surface area (Å²) >= 11 is 3.50. The quantitative estimate of drug-likeness (QED) is 0.755. The minimum atomic E-state index is -0.0806. The molecule has 1 heterocycles. The molecule has 0 aromatic carbocycles. The van der Waals surface area contributed by atoms with E-state index in [4.69, 9.17) is 0 Å². The number of aryl methyl sites for hydroxylation is 2. The van der Waals surface area contributed by atoms with Crippen molar-refractivity contribution in [2.75, 3.05) is 13.1 Å². The van der Waals surface area contributed by atoms with Crippen LogP contribution in [0.4, 0.5) is 4.79 Å². The number of unbranched alkanes of at least 4 members (excludes halogenated alkanes) is 1. The highest BCUT2D eigenvalue weighted by molar-refractivity contribution is 9.10. The number of aromatic nitrogens is 2. The van der Waals surface area contributed by atoms with Gasteiger partial charge in [-0.05, 0) is 42.6 Å². The smallest absolute Gasteiger partial charge is 0.314 e. The third-order valence-corrected chi connectivity index (χ3v) is 4.09. The fourth-order valence-electron chi connectivity index (χ4n) is 1.76. The molecule has 1 aromatic rings. The van der Waals surface area contributed by atoms with Crippen LogP contribution in [0, 0.1) is 13.8 Å². The number of urea groups is 1. The van der Waals surface area contributed by atoms with E-state index in [1.54, 1.807) is 0 Å². The predicted octanol–water partition coefficient (Wildman–Crippen LogP) is 2.75. The number of nitrogens with zero attached hydrogens (tertiary/aromatic N) is 2. The lowest BCUT2D eigenvalue weighted by atomic mass is 10.3. The molecular weight excluding hydrogens is 308 g/mol. The van der Waals surface area contributed by atoms with Crippen molar-refractivity contribution in [3.63, 3.8) is 0 Å². The Morgan fingerprint density at radius 1 is 1.26 bits per heavy atom. The molecule has 6 heteroatoms. The lowest BCUT2D eigenvalue weighted by Crippen LogP contribution is -2.36. The molecule has 0 aliphatic rings. The Balaban J connectivity index is 2.20. The molecule has 108 valence electrons. The molecule has 0 aliphatic heterocycles. The van der Waals surface area contributed by atoms with Gasteiger partial charge in [0.15, 0.2) is 0 Å². The van der Waals surface area contributed by atoms with E-state index in [9.17, 15) is 4.79 Å². The van der Waals surface area contributed by atoms with Gasteiger partial charge in [-0.2, -0.15) is 5.10 Å². The third kappa shape index (κ3) is 5.22. The van der Waals surface area contributed by atoms with E-state index >= 15 is 0 Å². The molecule has 0 fully saturated rings. The van der Waals surface area contributed by atoms with Crippen molar-refractivity contribution in [3.05, 3.63) is 15.9 Å². The molecule has 19 heavy (non-hydrogen) atoms. The van der Waals surface area contributed by atoms with Gasteiger partial charge in [-0.25, -0.2) is 4.79 Å². The van der Waals surface area contributed by atoms with Gasteiger partial charge in [-0.3, -0.25) is 4.68 Å². The standard InChI is InChI=1S/C13H23BrN4O/c1-4-5-7-15-13(19)16-8-6-9-18-11(3)12(14)10(2)17-18/h4-9H2,1-3H3,(H2,15,16,19). The molecule has 0 spiro atoms. The van der Waals surface area contributed by atoms with Gasteiger partial charge in [0.25, 0.3) is 0 Å². The molecular formula is C13H23BrN4O. The van der Waals surface area contributed by atoms with Crippen molar-refractivity contribution in [1.29, 1.82) is 0 Å². The number of carbonyl (C=O) groups excluding carboxylic acids is 1. The minimum Gasteiger partial charge on any atom is -0.338 e. The predicted molar refractivity (Wildman–Crippen MR) is 80.3 cm³/mol. The maximum absolute atomic E-state index is 11.4. The number of amides is 2. The normalized spacial score (nSPS) is 10.5. The molecule has 0 aliphatic carbocycles. The number of nitrogens with one attached hydrogen (secondary N) is 2. The Labute approximate surface area is 123 Å². The second kappa shape index (κ2) is 8.19. The van der Waals surface area contributed by atoms with Gasteiger partial charge >= 0.3 is 6.03 Å². The van der Waals surface area contributed by atoms with Gasteiger partial charge in [0.05, 0.1) is 10.2 Å². The first-order valence-electron chi connectivity index (χ1n) is 6.77. The zero-order valence-corrected chi connectivity index (χ0v) is 13.5. The lowest BCUT2D eigenvalue weighted by molar-refractivity contribution is 0.240. The summed E-state index contributed by atoms with van der Waals surface area (Å²) in [4.78, 5) is 11.4. The number of carbonyl (C=O) groups is 1. The van der Waals surface area contributed by atoms with Gasteiger partial charge in [0.1, 0.15) is 0 Å². The van der Waals surface area contributed by atoms with E-state index in [2.05, 4.69) is 38.6 Å². The summed E-state index contributed by atoms with van der Waals surface area (Å²) in [6.45, 7) is 8.34. The summed E-state index contributed by atoms with van der Waals surface area (Å²) in [6, 6.07) is -0.0806. The molecule has 0 radical (unpaired) electrons. The largest absolute Gasteiger partial charge is 0.338 e. The average molecular weight is 331 g/mol. The summed E-state index contributed by atoms with van der Waals surface area (Å²) in [5, 5.41) is 10.1. The minimum absolute atomic E-state index is 0.0806. The van der Waals surface area contributed by atoms with Crippen LogP contribution in [-0.2, 0) is 6.54 Å². The number of rotatable bonds is 7. The molecule has 1 rings (SSSR count). The molecule has 2 amide bonds. The van der Waals surface area contributed by atoms with Crippen molar-refractivity contribution in [3.8, 4) is 0 Å². The van der Waals surface area contributed by atoms with Crippen LogP contribution in [0.1, 0.15) is 37.6 Å². The van der Waals surface area contributed by atoms with E-state index in [1.807, 2.05) is 18.5 Å². The van der Waals surface area contributed by atoms with Crippen LogP contribution in [0.2, 0.25) is 0 Å². The Morgan fingerprint density at radius 2 is 1.89 bits per heavy atom. The van der Waals surface area contributed by atoms with Crippen LogP contribution in [0.25, 0.3) is 0 Å². The summed E-state index contributed by atoms with van der Waals surface area (Å²) < 4.78 is 3.04. The first kappa shape index (κ1) is 16.0. The van der Waals surface area contributed by atoms with Crippen molar-refractivity contribution >= 4 is 22.0 Å². The lowest BCUT2D eigenvalue weighted by Gasteiger charge is -2.08. The summed E-state index contributed by atoms with van der Waals surface area (Å²) in [7, 11) is 0. The highest BCUT2D eigenvalue weighted by atomic mass is 79.9. The fraction of sp³-hybridized carbons (Fsp3) is 0.692. The summed E-state index contributed by atoms with van der Waals surface area (Å²) in [5.41, 5.74) is 2.13. The van der Waals surface area contributed by atoms with Crippen molar-refractivity contribution in [2.45, 2.75) is 46.6 Å². The molecule has 0 saturated carbocycles. The summed E-state index contributed by atoms with van der Waals surface area (Å²) in [5.74, 6) is 0. The zero-order chi connectivity index (χ0) is 14.3. The van der Waals surface area contributed by atoms with Crippen molar-refractivity contribution in [2.24, 2.45) is 0 Å². The number of halogens is 1. The van der Waals surface area contributed by atoms with Crippen LogP contribution in [0.15, 0.2) is 4.47 Å². The van der Waals surface area contributed by atoms with Crippen LogP contribution in [0.3, 0.4) is 0 Å². The molecule has 0 bridgehead atoms. The molecule has 1 aromatic heterocycles. The van der Waals surface area contributed by atoms with Crippen LogP contribution >= 0.6 is 15.9 Å².